The summed E-state index contributed by atoms with van der Waals surface area (Å²) in [7, 11) is 1.56. The van der Waals surface area contributed by atoms with Gasteiger partial charge in [-0.05, 0) is 31.4 Å². The molecule has 150 valence electrons. The molecule has 1 aromatic rings. The summed E-state index contributed by atoms with van der Waals surface area (Å²) in [6.45, 7) is 0.454. The van der Waals surface area contributed by atoms with E-state index in [9.17, 15) is 24.5 Å². The third-order valence-corrected chi connectivity index (χ3v) is 5.27. The summed E-state index contributed by atoms with van der Waals surface area (Å²) in [5, 5.41) is 19.3. The third-order valence-electron chi connectivity index (χ3n) is 5.27. The minimum atomic E-state index is -0.728. The molecule has 2 fully saturated rings. The number of carbonyl (C=O) groups is 3. The molecule has 0 atom stereocenters. The summed E-state index contributed by atoms with van der Waals surface area (Å²) >= 11 is 0. The average Bonchev–Trinajstić information content (AvgIpc) is 3.24. The highest BCUT2D eigenvalue weighted by Crippen LogP contribution is 2.35. The zero-order valence-corrected chi connectivity index (χ0v) is 15.6. The lowest BCUT2D eigenvalue weighted by Gasteiger charge is -2.20. The topological polar surface area (TPSA) is 134 Å². The molecule has 3 rings (SSSR count). The van der Waals surface area contributed by atoms with Crippen molar-refractivity contribution in [1.29, 1.82) is 0 Å². The number of benzene rings is 1. The Labute approximate surface area is 161 Å². The molecule has 1 saturated heterocycles. The van der Waals surface area contributed by atoms with Crippen molar-refractivity contribution >= 4 is 29.2 Å². The van der Waals surface area contributed by atoms with Gasteiger partial charge in [0.15, 0.2) is 0 Å². The highest BCUT2D eigenvalue weighted by Gasteiger charge is 2.51. The van der Waals surface area contributed by atoms with E-state index in [-0.39, 0.29) is 36.3 Å². The van der Waals surface area contributed by atoms with E-state index in [1.54, 1.807) is 7.05 Å². The van der Waals surface area contributed by atoms with E-state index in [2.05, 4.69) is 16.0 Å². The van der Waals surface area contributed by atoms with Gasteiger partial charge in [0.2, 0.25) is 0 Å². The highest BCUT2D eigenvalue weighted by atomic mass is 16.6. The number of nitrogens with zero attached hydrogens (tertiary/aromatic N) is 2. The van der Waals surface area contributed by atoms with E-state index in [1.807, 2.05) is 0 Å². The van der Waals surface area contributed by atoms with Crippen LogP contribution in [-0.2, 0) is 4.79 Å². The second-order valence-electron chi connectivity index (χ2n) is 7.02. The molecule has 3 N–H and O–H groups in total. The molecule has 1 aliphatic carbocycles. The maximum atomic E-state index is 12.5. The molecular formula is C18H23N5O5. The number of rotatable bonds is 7. The molecule has 4 amide bonds. The van der Waals surface area contributed by atoms with Crippen LogP contribution in [0.1, 0.15) is 42.5 Å². The van der Waals surface area contributed by atoms with Crippen LogP contribution < -0.4 is 16.0 Å². The Morgan fingerprint density at radius 2 is 2.04 bits per heavy atom. The first-order valence-corrected chi connectivity index (χ1v) is 9.26. The lowest BCUT2D eigenvalue weighted by molar-refractivity contribution is -0.384. The molecule has 10 nitrogen and oxygen atoms in total. The van der Waals surface area contributed by atoms with Gasteiger partial charge in [-0.25, -0.2) is 4.79 Å². The molecule has 0 unspecified atom stereocenters. The molecule has 1 aliphatic heterocycles. The van der Waals surface area contributed by atoms with Crippen LogP contribution in [-0.4, -0.2) is 53.3 Å². The van der Waals surface area contributed by atoms with Crippen LogP contribution in [0.15, 0.2) is 18.2 Å². The smallest absolute Gasteiger partial charge is 0.325 e. The SMILES string of the molecule is CNc1ccc(C(=O)NCCCN2C(=O)NC3(CCCC3)C2=O)cc1[N+](=O)[O-]. The number of amides is 4. The summed E-state index contributed by atoms with van der Waals surface area (Å²) in [4.78, 5) is 48.6. The first-order valence-electron chi connectivity index (χ1n) is 9.26. The van der Waals surface area contributed by atoms with Crippen molar-refractivity contribution in [2.75, 3.05) is 25.5 Å². The molecule has 1 spiro atoms. The number of urea groups is 1. The fourth-order valence-electron chi connectivity index (χ4n) is 3.77. The number of carbonyl (C=O) groups excluding carboxylic acids is 3. The summed E-state index contributed by atoms with van der Waals surface area (Å²) in [6, 6.07) is 3.80. The van der Waals surface area contributed by atoms with Gasteiger partial charge in [0.05, 0.1) is 4.92 Å². The summed E-state index contributed by atoms with van der Waals surface area (Å²) < 4.78 is 0. The standard InChI is InChI=1S/C18H23N5O5/c1-19-13-6-5-12(11-14(13)23(27)28)15(24)20-9-4-10-22-16(25)18(21-17(22)26)7-2-3-8-18/h5-6,11,19H,2-4,7-10H2,1H3,(H,20,24)(H,21,26). The van der Waals surface area contributed by atoms with E-state index < -0.39 is 16.4 Å². The average molecular weight is 389 g/mol. The lowest BCUT2D eigenvalue weighted by atomic mass is 9.98. The minimum absolute atomic E-state index is 0.172. The van der Waals surface area contributed by atoms with Gasteiger partial charge in [-0.1, -0.05) is 12.8 Å². The van der Waals surface area contributed by atoms with Crippen LogP contribution in [0.3, 0.4) is 0 Å². The van der Waals surface area contributed by atoms with E-state index >= 15 is 0 Å². The van der Waals surface area contributed by atoms with Crippen LogP contribution in [0.2, 0.25) is 0 Å². The Morgan fingerprint density at radius 1 is 1.32 bits per heavy atom. The Kier molecular flexibility index (Phi) is 5.48. The van der Waals surface area contributed by atoms with Crippen molar-refractivity contribution in [2.45, 2.75) is 37.6 Å². The first kappa shape index (κ1) is 19.6. The van der Waals surface area contributed by atoms with Gasteiger partial charge >= 0.3 is 6.03 Å². The maximum Gasteiger partial charge on any atom is 0.325 e. The minimum Gasteiger partial charge on any atom is -0.383 e. The lowest BCUT2D eigenvalue weighted by Crippen LogP contribution is -2.44. The van der Waals surface area contributed by atoms with E-state index in [0.29, 0.717) is 24.9 Å². The van der Waals surface area contributed by atoms with Crippen LogP contribution in [0.4, 0.5) is 16.2 Å². The molecule has 1 aromatic carbocycles. The molecule has 28 heavy (non-hydrogen) atoms. The molecule has 1 saturated carbocycles. The number of imide groups is 1. The van der Waals surface area contributed by atoms with Gasteiger partial charge in [-0.2, -0.15) is 0 Å². The van der Waals surface area contributed by atoms with Crippen LogP contribution in [0, 0.1) is 10.1 Å². The fraction of sp³-hybridized carbons (Fsp3) is 0.500. The van der Waals surface area contributed by atoms with Gasteiger partial charge < -0.3 is 16.0 Å². The van der Waals surface area contributed by atoms with Crippen LogP contribution in [0.5, 0.6) is 0 Å². The van der Waals surface area contributed by atoms with Gasteiger partial charge in [0, 0.05) is 31.8 Å². The van der Waals surface area contributed by atoms with Gasteiger partial charge in [0.25, 0.3) is 17.5 Å². The van der Waals surface area contributed by atoms with Crippen molar-refractivity contribution in [1.82, 2.24) is 15.5 Å². The maximum absolute atomic E-state index is 12.5. The monoisotopic (exact) mass is 389 g/mol. The Balaban J connectivity index is 1.52. The zero-order valence-electron chi connectivity index (χ0n) is 15.6. The molecule has 0 aromatic heterocycles. The molecule has 2 aliphatic rings. The van der Waals surface area contributed by atoms with Crippen molar-refractivity contribution in [2.24, 2.45) is 0 Å². The Morgan fingerprint density at radius 3 is 2.68 bits per heavy atom. The molecule has 1 heterocycles. The third kappa shape index (κ3) is 3.62. The van der Waals surface area contributed by atoms with Crippen molar-refractivity contribution in [3.05, 3.63) is 33.9 Å². The second kappa shape index (κ2) is 7.83. The number of anilines is 1. The fourth-order valence-corrected chi connectivity index (χ4v) is 3.77. The summed E-state index contributed by atoms with van der Waals surface area (Å²) in [5.41, 5.74) is -0.420. The molecule has 10 heteroatoms. The number of nitro benzene ring substituents is 1. The first-order chi connectivity index (χ1) is 13.4. The molecule has 0 radical (unpaired) electrons. The normalized spacial score (nSPS) is 17.7. The van der Waals surface area contributed by atoms with Crippen LogP contribution >= 0.6 is 0 Å². The van der Waals surface area contributed by atoms with Crippen molar-refractivity contribution in [3.63, 3.8) is 0 Å². The quantitative estimate of drug-likeness (QED) is 0.281. The van der Waals surface area contributed by atoms with E-state index in [1.165, 1.54) is 23.1 Å². The predicted octanol–water partition coefficient (Wildman–Crippen LogP) is 1.62. The van der Waals surface area contributed by atoms with E-state index in [4.69, 9.17) is 0 Å². The highest BCUT2D eigenvalue weighted by molar-refractivity contribution is 6.07. The number of hydrogen-bond acceptors (Lipinski definition) is 6. The van der Waals surface area contributed by atoms with Gasteiger partial charge in [-0.3, -0.25) is 24.6 Å². The summed E-state index contributed by atoms with van der Waals surface area (Å²) in [6.07, 6.45) is 3.60. The van der Waals surface area contributed by atoms with Crippen molar-refractivity contribution in [3.8, 4) is 0 Å². The van der Waals surface area contributed by atoms with Crippen molar-refractivity contribution < 1.29 is 19.3 Å². The zero-order chi connectivity index (χ0) is 20.3. The molecular weight excluding hydrogens is 366 g/mol. The van der Waals surface area contributed by atoms with E-state index in [0.717, 1.165) is 12.8 Å². The van der Waals surface area contributed by atoms with Crippen LogP contribution in [0.25, 0.3) is 0 Å². The Bertz CT molecular complexity index is 819. The molecule has 0 bridgehead atoms. The van der Waals surface area contributed by atoms with Gasteiger partial charge in [0.1, 0.15) is 11.2 Å². The summed E-state index contributed by atoms with van der Waals surface area (Å²) in [5.74, 6) is -0.630. The van der Waals surface area contributed by atoms with Gasteiger partial charge in [-0.15, -0.1) is 0 Å². The Hall–Kier alpha value is -3.17. The number of nitro groups is 1. The number of nitrogens with one attached hydrogen (secondary N) is 3. The second-order valence-corrected chi connectivity index (χ2v) is 7.02. The predicted molar refractivity (Wildman–Crippen MR) is 101 cm³/mol. The number of hydrogen-bond donors (Lipinski definition) is 3. The largest absolute Gasteiger partial charge is 0.383 e.